The van der Waals surface area contributed by atoms with Crippen molar-refractivity contribution < 1.29 is 22.7 Å². The van der Waals surface area contributed by atoms with Crippen LogP contribution in [0.2, 0.25) is 0 Å². The molecule has 3 rings (SSSR count). The van der Waals surface area contributed by atoms with Crippen LogP contribution >= 0.6 is 0 Å². The summed E-state index contributed by atoms with van der Waals surface area (Å²) in [4.78, 5) is 21.4. The van der Waals surface area contributed by atoms with Gasteiger partial charge in [-0.05, 0) is 30.7 Å². The number of aryl methyl sites for hydroxylation is 1. The van der Waals surface area contributed by atoms with Crippen LogP contribution < -0.4 is 4.74 Å². The minimum atomic E-state index is -4.03. The Bertz CT molecular complexity index is 1270. The number of benzene rings is 1. The number of hydrogen-bond acceptors (Lipinski definition) is 7. The van der Waals surface area contributed by atoms with Crippen LogP contribution in [0.4, 0.5) is 0 Å². The van der Waals surface area contributed by atoms with Crippen molar-refractivity contribution in [1.29, 1.82) is 0 Å². The lowest BCUT2D eigenvalue weighted by atomic mass is 10.1. The molecule has 3 aromatic rings. The van der Waals surface area contributed by atoms with Crippen molar-refractivity contribution in [3.8, 4) is 29.6 Å². The topological polar surface area (TPSA) is 104 Å². The van der Waals surface area contributed by atoms with Crippen LogP contribution in [-0.4, -0.2) is 60.4 Å². The number of pyridine rings is 1. The van der Waals surface area contributed by atoms with E-state index in [0.717, 1.165) is 8.28 Å². The number of carbonyl (C=O) groups is 1. The van der Waals surface area contributed by atoms with E-state index in [1.807, 2.05) is 0 Å². The summed E-state index contributed by atoms with van der Waals surface area (Å²) >= 11 is 0. The summed E-state index contributed by atoms with van der Waals surface area (Å²) in [7, 11) is 0.230. The highest BCUT2D eigenvalue weighted by atomic mass is 32.2. The van der Waals surface area contributed by atoms with Crippen molar-refractivity contribution in [2.45, 2.75) is 6.92 Å². The molecule has 0 aliphatic rings. The van der Waals surface area contributed by atoms with Crippen molar-refractivity contribution in [2.75, 3.05) is 27.8 Å². The van der Waals surface area contributed by atoms with Gasteiger partial charge in [0, 0.05) is 20.3 Å². The minimum absolute atomic E-state index is 0.0455. The number of rotatable bonds is 6. The fraction of sp³-hybridized carbons (Fsp3) is 0.250. The molecule has 2 aromatic heterocycles. The molecule has 0 spiro atoms. The second kappa shape index (κ2) is 8.14. The molecular formula is C20H20N4O5S. The normalized spacial score (nSPS) is 11.5. The van der Waals surface area contributed by atoms with Gasteiger partial charge in [0.15, 0.2) is 12.4 Å². The van der Waals surface area contributed by atoms with Crippen LogP contribution in [0.15, 0.2) is 30.5 Å². The van der Waals surface area contributed by atoms with Crippen molar-refractivity contribution in [3.05, 3.63) is 41.6 Å². The van der Waals surface area contributed by atoms with Crippen molar-refractivity contribution in [1.82, 2.24) is 18.2 Å². The Kier molecular flexibility index (Phi) is 5.78. The Balaban J connectivity index is 2.40. The van der Waals surface area contributed by atoms with Crippen molar-refractivity contribution in [2.24, 2.45) is 0 Å². The Morgan fingerprint density at radius 1 is 1.33 bits per heavy atom. The van der Waals surface area contributed by atoms with Gasteiger partial charge in [0.25, 0.3) is 0 Å². The molecule has 0 aliphatic carbocycles. The van der Waals surface area contributed by atoms with Crippen LogP contribution in [0, 0.1) is 19.3 Å². The predicted molar refractivity (Wildman–Crippen MR) is 111 cm³/mol. The first-order valence-corrected chi connectivity index (χ1v) is 10.2. The first kappa shape index (κ1) is 21.3. The Labute approximate surface area is 174 Å². The first-order chi connectivity index (χ1) is 14.2. The number of fused-ring (bicyclic) bond motifs is 1. The molecule has 156 valence electrons. The van der Waals surface area contributed by atoms with Gasteiger partial charge < -0.3 is 9.47 Å². The first-order valence-electron chi connectivity index (χ1n) is 8.78. The van der Waals surface area contributed by atoms with Gasteiger partial charge in [0.2, 0.25) is 0 Å². The van der Waals surface area contributed by atoms with Crippen molar-refractivity contribution in [3.63, 3.8) is 0 Å². The third-order valence-corrected chi connectivity index (χ3v) is 6.02. The van der Waals surface area contributed by atoms with Crippen LogP contribution in [0.3, 0.4) is 0 Å². The molecule has 0 bridgehead atoms. The number of para-hydroxylation sites is 1. The molecule has 0 radical (unpaired) electrons. The maximum Gasteiger partial charge on any atom is 0.341 e. The lowest BCUT2D eigenvalue weighted by Crippen LogP contribution is -2.29. The molecule has 0 saturated carbocycles. The monoisotopic (exact) mass is 428 g/mol. The average Bonchev–Trinajstić information content (AvgIpc) is 3.11. The summed E-state index contributed by atoms with van der Waals surface area (Å²) < 4.78 is 38.8. The van der Waals surface area contributed by atoms with E-state index in [0.29, 0.717) is 16.8 Å². The second-order valence-electron chi connectivity index (χ2n) is 6.51. The average molecular weight is 428 g/mol. The molecule has 30 heavy (non-hydrogen) atoms. The molecule has 0 atom stereocenters. The molecule has 2 heterocycles. The van der Waals surface area contributed by atoms with Crippen LogP contribution in [0.1, 0.15) is 15.9 Å². The molecular weight excluding hydrogens is 408 g/mol. The molecule has 10 heteroatoms. The Hall–Kier alpha value is -3.42. The van der Waals surface area contributed by atoms with Crippen LogP contribution in [0.5, 0.6) is 5.75 Å². The van der Waals surface area contributed by atoms with Gasteiger partial charge in [-0.2, -0.15) is 12.7 Å². The third kappa shape index (κ3) is 3.60. The summed E-state index contributed by atoms with van der Waals surface area (Å²) in [6.07, 6.45) is 6.68. The quantitative estimate of drug-likeness (QED) is 0.436. The molecule has 1 aromatic carbocycles. The number of terminal acetylenes is 1. The molecule has 0 aliphatic heterocycles. The Morgan fingerprint density at radius 3 is 2.70 bits per heavy atom. The molecule has 0 saturated heterocycles. The van der Waals surface area contributed by atoms with Gasteiger partial charge in [0.05, 0.1) is 18.2 Å². The zero-order chi connectivity index (χ0) is 22.1. The van der Waals surface area contributed by atoms with E-state index in [9.17, 15) is 13.2 Å². The molecule has 0 unspecified atom stereocenters. The highest BCUT2D eigenvalue weighted by Gasteiger charge is 2.30. The SMILES string of the molecule is C#CCOC(=O)c1cc(C)cnc1-c1nc2c(OC)cccc2n1S(=O)(=O)N(C)C. The van der Waals surface area contributed by atoms with Crippen LogP contribution in [-0.2, 0) is 14.9 Å². The second-order valence-corrected chi connectivity index (χ2v) is 8.50. The highest BCUT2D eigenvalue weighted by molar-refractivity contribution is 7.87. The van der Waals surface area contributed by atoms with E-state index in [1.165, 1.54) is 27.4 Å². The molecule has 0 N–H and O–H groups in total. The smallest absolute Gasteiger partial charge is 0.341 e. The third-order valence-electron chi connectivity index (χ3n) is 4.26. The van der Waals surface area contributed by atoms with Gasteiger partial charge in [-0.3, -0.25) is 4.98 Å². The van der Waals surface area contributed by atoms with E-state index in [-0.39, 0.29) is 29.2 Å². The zero-order valence-corrected chi connectivity index (χ0v) is 17.7. The molecule has 0 fully saturated rings. The van der Waals surface area contributed by atoms with Crippen LogP contribution in [0.25, 0.3) is 22.6 Å². The lowest BCUT2D eigenvalue weighted by Gasteiger charge is -2.16. The minimum Gasteiger partial charge on any atom is -0.494 e. The summed E-state index contributed by atoms with van der Waals surface area (Å²) in [6.45, 7) is 1.52. The zero-order valence-electron chi connectivity index (χ0n) is 16.9. The number of methoxy groups -OCH3 is 1. The Morgan fingerprint density at radius 2 is 2.07 bits per heavy atom. The summed E-state index contributed by atoms with van der Waals surface area (Å²) in [5.41, 5.74) is 1.37. The summed E-state index contributed by atoms with van der Waals surface area (Å²) in [5, 5.41) is 0. The summed E-state index contributed by atoms with van der Waals surface area (Å²) in [5.74, 6) is 1.83. The largest absolute Gasteiger partial charge is 0.494 e. The molecule has 9 nitrogen and oxygen atoms in total. The van der Waals surface area contributed by atoms with Gasteiger partial charge in [0.1, 0.15) is 17.0 Å². The number of carbonyl (C=O) groups excluding carboxylic acids is 1. The maximum absolute atomic E-state index is 13.2. The highest BCUT2D eigenvalue weighted by Crippen LogP contribution is 2.33. The van der Waals surface area contributed by atoms with E-state index in [2.05, 4.69) is 15.9 Å². The predicted octanol–water partition coefficient (Wildman–Crippen LogP) is 1.86. The van der Waals surface area contributed by atoms with Gasteiger partial charge in [-0.1, -0.05) is 12.0 Å². The standard InChI is InChI=1S/C20H20N4O5S/c1-6-10-29-20(25)14-11-13(2)12-21-17(14)19-22-18-15(8-7-9-16(18)28-5)24(19)30(26,27)23(3)4/h1,7-9,11-12H,10H2,2-5H3. The van der Waals surface area contributed by atoms with Gasteiger partial charge >= 0.3 is 16.2 Å². The fourth-order valence-corrected chi connectivity index (χ4v) is 3.92. The van der Waals surface area contributed by atoms with Gasteiger partial charge in [-0.15, -0.1) is 6.42 Å². The number of nitrogens with zero attached hydrogens (tertiary/aromatic N) is 4. The number of esters is 1. The van der Waals surface area contributed by atoms with E-state index >= 15 is 0 Å². The van der Waals surface area contributed by atoms with Crippen molar-refractivity contribution >= 4 is 27.2 Å². The molecule has 0 amide bonds. The van der Waals surface area contributed by atoms with E-state index in [4.69, 9.17) is 15.9 Å². The maximum atomic E-state index is 13.2. The number of hydrogen-bond donors (Lipinski definition) is 0. The van der Waals surface area contributed by atoms with Gasteiger partial charge in [-0.25, -0.2) is 13.8 Å². The van der Waals surface area contributed by atoms with E-state index < -0.39 is 16.2 Å². The number of ether oxygens (including phenoxy) is 2. The lowest BCUT2D eigenvalue weighted by molar-refractivity contribution is 0.0557. The summed E-state index contributed by atoms with van der Waals surface area (Å²) in [6, 6.07) is 6.46. The fourth-order valence-electron chi connectivity index (χ4n) is 2.85. The van der Waals surface area contributed by atoms with E-state index in [1.54, 1.807) is 31.2 Å². The number of aromatic nitrogens is 3. The number of imidazole rings is 1.